The lowest BCUT2D eigenvalue weighted by atomic mass is 10.0. The lowest BCUT2D eigenvalue weighted by molar-refractivity contribution is -0.0165. The molecule has 3 aliphatic rings. The van der Waals surface area contributed by atoms with Crippen LogP contribution >= 0.6 is 15.9 Å². The highest BCUT2D eigenvalue weighted by Crippen LogP contribution is 2.41. The van der Waals surface area contributed by atoms with Crippen LogP contribution in [-0.2, 0) is 17.9 Å². The van der Waals surface area contributed by atoms with Crippen molar-refractivity contribution in [2.75, 3.05) is 37.9 Å². The van der Waals surface area contributed by atoms with E-state index < -0.39 is 0 Å². The van der Waals surface area contributed by atoms with Crippen molar-refractivity contribution >= 4 is 33.5 Å². The van der Waals surface area contributed by atoms with E-state index in [0.29, 0.717) is 41.3 Å². The maximum absolute atomic E-state index is 13.3. The number of rotatable bonds is 4. The lowest BCUT2D eigenvalue weighted by Crippen LogP contribution is -2.46. The van der Waals surface area contributed by atoms with Crippen LogP contribution in [0.15, 0.2) is 58.8 Å². The van der Waals surface area contributed by atoms with Gasteiger partial charge in [-0.3, -0.25) is 9.69 Å². The molecule has 0 aliphatic carbocycles. The van der Waals surface area contributed by atoms with Crippen molar-refractivity contribution in [2.24, 2.45) is 0 Å². The number of ketones is 1. The summed E-state index contributed by atoms with van der Waals surface area (Å²) in [4.78, 5) is 17.7. The Bertz CT molecular complexity index is 1400. The molecule has 0 radical (unpaired) electrons. The first-order chi connectivity index (χ1) is 18.0. The molecule has 0 aromatic heterocycles. The van der Waals surface area contributed by atoms with Gasteiger partial charge in [0, 0.05) is 54.0 Å². The highest BCUT2D eigenvalue weighted by Gasteiger charge is 2.33. The number of halogens is 2. The summed E-state index contributed by atoms with van der Waals surface area (Å²) in [6.45, 7) is 4.05. The van der Waals surface area contributed by atoms with E-state index in [0.717, 1.165) is 41.9 Å². The van der Waals surface area contributed by atoms with Crippen LogP contribution in [0.1, 0.15) is 27.0 Å². The number of piperazine rings is 1. The van der Waals surface area contributed by atoms with Gasteiger partial charge < -0.3 is 24.2 Å². The van der Waals surface area contributed by atoms with Gasteiger partial charge in [-0.1, -0.05) is 15.9 Å². The Labute approximate surface area is 221 Å². The fraction of sp³-hybridized carbons (Fsp3) is 0.250. The van der Waals surface area contributed by atoms with Crippen molar-refractivity contribution in [3.63, 3.8) is 0 Å². The molecule has 0 amide bonds. The highest BCUT2D eigenvalue weighted by molar-refractivity contribution is 9.10. The normalized spacial score (nSPS) is 18.4. The Balaban J connectivity index is 1.22. The molecule has 3 heterocycles. The van der Waals surface area contributed by atoms with Gasteiger partial charge in [-0.2, -0.15) is 0 Å². The molecule has 3 aliphatic heterocycles. The molecule has 9 heteroatoms. The lowest BCUT2D eigenvalue weighted by Gasteiger charge is -2.36. The minimum atomic E-state index is -0.250. The van der Waals surface area contributed by atoms with Crippen LogP contribution in [0.2, 0.25) is 0 Å². The van der Waals surface area contributed by atoms with Crippen molar-refractivity contribution < 1.29 is 28.5 Å². The quantitative estimate of drug-likeness (QED) is 0.440. The molecule has 0 unspecified atom stereocenters. The van der Waals surface area contributed by atoms with Crippen molar-refractivity contribution in [1.29, 1.82) is 0 Å². The highest BCUT2D eigenvalue weighted by atomic mass is 79.9. The molecule has 1 N–H and O–H groups in total. The zero-order valence-electron chi connectivity index (χ0n) is 19.9. The Morgan fingerprint density at radius 3 is 2.59 bits per heavy atom. The predicted octanol–water partition coefficient (Wildman–Crippen LogP) is 5.10. The molecule has 3 aromatic carbocycles. The number of Topliss-reactive ketones (excluding diaryl/α,β-unsaturated/α-hetero) is 1. The third-order valence-corrected chi connectivity index (χ3v) is 7.31. The number of ether oxygens (including phenoxy) is 3. The molecular formula is C28H24BrFN2O5. The largest absolute Gasteiger partial charge is 0.507 e. The molecule has 6 rings (SSSR count). The number of phenolic OH excluding ortho intramolecular Hbond substituents is 1. The fourth-order valence-corrected chi connectivity index (χ4v) is 5.47. The summed E-state index contributed by atoms with van der Waals surface area (Å²) in [7, 11) is 0. The van der Waals surface area contributed by atoms with E-state index in [2.05, 4.69) is 25.7 Å². The van der Waals surface area contributed by atoms with Gasteiger partial charge in [-0.25, -0.2) is 4.39 Å². The summed E-state index contributed by atoms with van der Waals surface area (Å²) in [6, 6.07) is 13.5. The number of anilines is 1. The first-order valence-corrected chi connectivity index (χ1v) is 12.8. The smallest absolute Gasteiger partial charge is 0.231 e. The topological polar surface area (TPSA) is 71.5 Å². The van der Waals surface area contributed by atoms with Gasteiger partial charge in [0.25, 0.3) is 0 Å². The summed E-state index contributed by atoms with van der Waals surface area (Å²) < 4.78 is 31.3. The molecule has 3 aromatic rings. The number of hydrogen-bond donors (Lipinski definition) is 1. The van der Waals surface area contributed by atoms with Crippen LogP contribution in [0.5, 0.6) is 17.2 Å². The molecule has 0 bridgehead atoms. The molecule has 1 saturated heterocycles. The molecule has 37 heavy (non-hydrogen) atoms. The Morgan fingerprint density at radius 2 is 1.81 bits per heavy atom. The van der Waals surface area contributed by atoms with E-state index in [-0.39, 0.29) is 29.9 Å². The number of benzene rings is 3. The average molecular weight is 567 g/mol. The van der Waals surface area contributed by atoms with Crippen LogP contribution in [0.3, 0.4) is 0 Å². The Morgan fingerprint density at radius 1 is 1.03 bits per heavy atom. The van der Waals surface area contributed by atoms with Gasteiger partial charge >= 0.3 is 0 Å². The molecule has 1 fully saturated rings. The second-order valence-electron chi connectivity index (χ2n) is 9.21. The van der Waals surface area contributed by atoms with Gasteiger partial charge in [0.15, 0.2) is 12.6 Å². The van der Waals surface area contributed by atoms with Gasteiger partial charge in [-0.05, 0) is 54.6 Å². The fourth-order valence-electron chi connectivity index (χ4n) is 4.95. The van der Waals surface area contributed by atoms with Crippen LogP contribution in [0.4, 0.5) is 10.1 Å². The van der Waals surface area contributed by atoms with Crippen molar-refractivity contribution in [3.8, 4) is 17.2 Å². The van der Waals surface area contributed by atoms with Gasteiger partial charge in [0.05, 0.1) is 17.7 Å². The van der Waals surface area contributed by atoms with Crippen LogP contribution in [0, 0.1) is 5.82 Å². The first kappa shape index (κ1) is 24.0. The molecule has 7 nitrogen and oxygen atoms in total. The monoisotopic (exact) mass is 566 g/mol. The van der Waals surface area contributed by atoms with Gasteiger partial charge in [0.1, 0.15) is 23.1 Å². The number of phenols is 1. The maximum Gasteiger partial charge on any atom is 0.231 e. The van der Waals surface area contributed by atoms with E-state index >= 15 is 0 Å². The van der Waals surface area contributed by atoms with Gasteiger partial charge in [-0.15, -0.1) is 0 Å². The second-order valence-corrected chi connectivity index (χ2v) is 10.1. The standard InChI is InChI=1S/C28H24BrFN2O5/c29-19-11-17(27-18(12-19)15-35-16-36-27)13-25-26(34)22-5-6-24(33)23(28(22)37-25)14-31-7-9-32(10-8-31)21-3-1-20(30)2-4-21/h1-6,11-13,33H,7-10,14-16H2/b25-13-. The second kappa shape index (κ2) is 9.81. The number of aromatic hydroxyl groups is 1. The minimum Gasteiger partial charge on any atom is -0.507 e. The summed E-state index contributed by atoms with van der Waals surface area (Å²) >= 11 is 3.51. The number of nitrogens with zero attached hydrogens (tertiary/aromatic N) is 2. The average Bonchev–Trinajstić information content (AvgIpc) is 3.21. The summed E-state index contributed by atoms with van der Waals surface area (Å²) in [5.41, 5.74) is 3.60. The molecule has 0 spiro atoms. The van der Waals surface area contributed by atoms with E-state index in [1.54, 1.807) is 30.3 Å². The molecular weight excluding hydrogens is 543 g/mol. The number of hydrogen-bond acceptors (Lipinski definition) is 7. The molecule has 190 valence electrons. The van der Waals surface area contributed by atoms with E-state index in [1.807, 2.05) is 12.1 Å². The summed E-state index contributed by atoms with van der Waals surface area (Å²) in [6.07, 6.45) is 1.68. The van der Waals surface area contributed by atoms with Crippen molar-refractivity contribution in [3.05, 3.63) is 86.8 Å². The number of carbonyl (C=O) groups excluding carboxylic acids is 1. The van der Waals surface area contributed by atoms with Crippen LogP contribution in [-0.4, -0.2) is 48.8 Å². The zero-order chi connectivity index (χ0) is 25.5. The maximum atomic E-state index is 13.3. The first-order valence-electron chi connectivity index (χ1n) is 12.0. The van der Waals surface area contributed by atoms with E-state index in [9.17, 15) is 14.3 Å². The van der Waals surface area contributed by atoms with Gasteiger partial charge in [0.2, 0.25) is 5.78 Å². The molecule has 0 atom stereocenters. The van der Waals surface area contributed by atoms with Crippen LogP contribution in [0.25, 0.3) is 6.08 Å². The van der Waals surface area contributed by atoms with E-state index in [4.69, 9.17) is 14.2 Å². The predicted molar refractivity (Wildman–Crippen MR) is 139 cm³/mol. The Kier molecular flexibility index (Phi) is 6.36. The van der Waals surface area contributed by atoms with Crippen molar-refractivity contribution in [1.82, 2.24) is 4.90 Å². The third-order valence-electron chi connectivity index (χ3n) is 6.85. The molecule has 0 saturated carbocycles. The summed E-state index contributed by atoms with van der Waals surface area (Å²) in [5.74, 6) is 0.840. The third kappa shape index (κ3) is 4.70. The number of carbonyl (C=O) groups is 1. The zero-order valence-corrected chi connectivity index (χ0v) is 21.5. The summed E-state index contributed by atoms with van der Waals surface area (Å²) in [5, 5.41) is 10.7. The van der Waals surface area contributed by atoms with E-state index in [1.165, 1.54) is 12.1 Å². The number of fused-ring (bicyclic) bond motifs is 2. The van der Waals surface area contributed by atoms with Crippen LogP contribution < -0.4 is 14.4 Å². The minimum absolute atomic E-state index is 0.0917. The SMILES string of the molecule is O=C1/C(=C/c2cc(Br)cc3c2OCOC3)Oc2c1ccc(O)c2CN1CCN(c2ccc(F)cc2)CC1. The Hall–Kier alpha value is -3.40. The number of allylic oxidation sites excluding steroid dienone is 1. The van der Waals surface area contributed by atoms with Crippen molar-refractivity contribution in [2.45, 2.75) is 13.2 Å².